The number of nitrogens with one attached hydrogen (secondary N) is 1. The van der Waals surface area contributed by atoms with E-state index in [1.165, 1.54) is 0 Å². The van der Waals surface area contributed by atoms with Gasteiger partial charge < -0.3 is 14.8 Å². The van der Waals surface area contributed by atoms with E-state index in [0.717, 1.165) is 36.0 Å². The molecule has 0 aromatic heterocycles. The number of ether oxygens (including phenoxy) is 2. The summed E-state index contributed by atoms with van der Waals surface area (Å²) in [5.41, 5.74) is 1.69. The van der Waals surface area contributed by atoms with E-state index in [0.29, 0.717) is 12.2 Å². The molecule has 3 rings (SSSR count). The van der Waals surface area contributed by atoms with Gasteiger partial charge in [-0.1, -0.05) is 30.3 Å². The van der Waals surface area contributed by atoms with Crippen molar-refractivity contribution >= 4 is 12.4 Å². The van der Waals surface area contributed by atoms with Gasteiger partial charge in [-0.05, 0) is 62.9 Å². The van der Waals surface area contributed by atoms with Crippen LogP contribution in [0, 0.1) is 0 Å². The fourth-order valence-electron chi connectivity index (χ4n) is 2.75. The maximum absolute atomic E-state index is 12.0. The largest absolute Gasteiger partial charge is 0.491 e. The third-order valence-electron chi connectivity index (χ3n) is 4.32. The molecule has 1 saturated carbocycles. The summed E-state index contributed by atoms with van der Waals surface area (Å²) >= 11 is 0. The molecule has 0 unspecified atom stereocenters. The summed E-state index contributed by atoms with van der Waals surface area (Å²) in [6, 6.07) is 15.1. The first-order valence-corrected chi connectivity index (χ1v) is 9.08. The molecule has 0 atom stereocenters. The zero-order chi connectivity index (χ0) is 19.5. The number of rotatable bonds is 6. The molecule has 2 aromatic rings. The number of amides is 1. The van der Waals surface area contributed by atoms with Crippen LogP contribution in [0.25, 0.3) is 11.1 Å². The van der Waals surface area contributed by atoms with Crippen LogP contribution in [0.1, 0.15) is 44.0 Å². The summed E-state index contributed by atoms with van der Waals surface area (Å²) in [4.78, 5) is 23.0. The van der Waals surface area contributed by atoms with Gasteiger partial charge in [-0.2, -0.15) is 0 Å². The monoisotopic (exact) mass is 367 g/mol. The normalized spacial score (nSPS) is 14.9. The molecule has 2 aromatic carbocycles. The van der Waals surface area contributed by atoms with Crippen LogP contribution < -0.4 is 10.1 Å². The van der Waals surface area contributed by atoms with Crippen LogP contribution in [0.4, 0.5) is 4.79 Å². The predicted molar refractivity (Wildman–Crippen MR) is 104 cm³/mol. The maximum Gasteiger partial charge on any atom is 0.408 e. The van der Waals surface area contributed by atoms with E-state index < -0.39 is 11.7 Å². The van der Waals surface area contributed by atoms with Crippen LogP contribution in [0.2, 0.25) is 0 Å². The van der Waals surface area contributed by atoms with Gasteiger partial charge in [0.15, 0.2) is 0 Å². The molecule has 0 spiro atoms. The van der Waals surface area contributed by atoms with E-state index in [2.05, 4.69) is 5.32 Å². The summed E-state index contributed by atoms with van der Waals surface area (Å²) in [6.45, 7) is 5.92. The molecule has 0 saturated heterocycles. The van der Waals surface area contributed by atoms with Crippen molar-refractivity contribution in [3.05, 3.63) is 54.1 Å². The molecule has 1 aliphatic carbocycles. The van der Waals surface area contributed by atoms with Crippen molar-refractivity contribution in [2.45, 2.75) is 44.8 Å². The van der Waals surface area contributed by atoms with Crippen molar-refractivity contribution in [2.75, 3.05) is 6.61 Å². The molecule has 5 heteroatoms. The molecule has 0 heterocycles. The first-order chi connectivity index (χ1) is 12.8. The van der Waals surface area contributed by atoms with Crippen molar-refractivity contribution in [3.63, 3.8) is 0 Å². The smallest absolute Gasteiger partial charge is 0.408 e. The molecule has 27 heavy (non-hydrogen) atoms. The fraction of sp³-hybridized carbons (Fsp3) is 0.364. The van der Waals surface area contributed by atoms with Gasteiger partial charge >= 0.3 is 6.09 Å². The number of benzene rings is 2. The molecule has 0 radical (unpaired) electrons. The lowest BCUT2D eigenvalue weighted by molar-refractivity contribution is 0.0477. The second-order valence-electron chi connectivity index (χ2n) is 7.97. The number of carbonyl (C=O) groups is 2. The molecular weight excluding hydrogens is 342 g/mol. The first-order valence-electron chi connectivity index (χ1n) is 9.08. The minimum Gasteiger partial charge on any atom is -0.491 e. The van der Waals surface area contributed by atoms with E-state index in [9.17, 15) is 9.59 Å². The molecule has 0 aliphatic heterocycles. The van der Waals surface area contributed by atoms with Gasteiger partial charge in [0.25, 0.3) is 0 Å². The second kappa shape index (κ2) is 7.43. The number of alkyl carbamates (subject to hydrolysis) is 1. The summed E-state index contributed by atoms with van der Waals surface area (Å²) in [6.07, 6.45) is 2.16. The van der Waals surface area contributed by atoms with Crippen LogP contribution >= 0.6 is 0 Å². The van der Waals surface area contributed by atoms with Crippen LogP contribution in [-0.2, 0) is 4.74 Å². The average Bonchev–Trinajstić information content (AvgIpc) is 3.38. The fourth-order valence-corrected chi connectivity index (χ4v) is 2.75. The molecular formula is C22H25NO4. The quantitative estimate of drug-likeness (QED) is 0.758. The molecule has 1 fully saturated rings. The molecule has 5 nitrogen and oxygen atoms in total. The van der Waals surface area contributed by atoms with Crippen molar-refractivity contribution in [1.29, 1.82) is 0 Å². The Hall–Kier alpha value is -2.82. The highest BCUT2D eigenvalue weighted by molar-refractivity contribution is 5.79. The molecule has 142 valence electrons. The standard InChI is InChI=1S/C22H25NO4/c1-21(2,3)27-20(25)23-22(10-11-22)15-26-19-9-5-8-18(13-19)17-7-4-6-16(12-17)14-24/h4-9,12-14H,10-11,15H2,1-3H3,(H,23,25). The summed E-state index contributed by atoms with van der Waals surface area (Å²) in [7, 11) is 0. The SMILES string of the molecule is CC(C)(C)OC(=O)NC1(COc2cccc(-c3cccc(C=O)c3)c2)CC1. The van der Waals surface area contributed by atoms with Gasteiger partial charge in [0.2, 0.25) is 0 Å². The van der Waals surface area contributed by atoms with Gasteiger partial charge in [0.05, 0.1) is 5.54 Å². The number of hydrogen-bond donors (Lipinski definition) is 1. The first kappa shape index (κ1) is 19.0. The number of hydrogen-bond acceptors (Lipinski definition) is 4. The van der Waals surface area contributed by atoms with Crippen LogP contribution in [0.3, 0.4) is 0 Å². The van der Waals surface area contributed by atoms with Crippen LogP contribution in [0.5, 0.6) is 5.75 Å². The van der Waals surface area contributed by atoms with E-state index >= 15 is 0 Å². The summed E-state index contributed by atoms with van der Waals surface area (Å²) in [5.74, 6) is 0.723. The van der Waals surface area contributed by atoms with E-state index in [4.69, 9.17) is 9.47 Å². The molecule has 1 aliphatic rings. The lowest BCUT2D eigenvalue weighted by atomic mass is 10.0. The highest BCUT2D eigenvalue weighted by Gasteiger charge is 2.46. The van der Waals surface area contributed by atoms with Gasteiger partial charge in [-0.25, -0.2) is 4.79 Å². The van der Waals surface area contributed by atoms with E-state index in [-0.39, 0.29) is 5.54 Å². The highest BCUT2D eigenvalue weighted by Crippen LogP contribution is 2.36. The summed E-state index contributed by atoms with van der Waals surface area (Å²) in [5, 5.41) is 2.93. The Balaban J connectivity index is 1.63. The third kappa shape index (κ3) is 5.33. The Labute approximate surface area is 159 Å². The Morgan fingerprint density at radius 3 is 2.41 bits per heavy atom. The van der Waals surface area contributed by atoms with Crippen molar-refractivity contribution in [3.8, 4) is 16.9 Å². The zero-order valence-electron chi connectivity index (χ0n) is 16.0. The van der Waals surface area contributed by atoms with Crippen LogP contribution in [-0.4, -0.2) is 30.1 Å². The zero-order valence-corrected chi connectivity index (χ0v) is 16.0. The third-order valence-corrected chi connectivity index (χ3v) is 4.32. The van der Waals surface area contributed by atoms with Gasteiger partial charge in [0.1, 0.15) is 24.2 Å². The highest BCUT2D eigenvalue weighted by atomic mass is 16.6. The second-order valence-corrected chi connectivity index (χ2v) is 7.97. The van der Waals surface area contributed by atoms with E-state index in [1.807, 2.05) is 63.2 Å². The Morgan fingerprint density at radius 1 is 1.11 bits per heavy atom. The number of aldehydes is 1. The lowest BCUT2D eigenvalue weighted by Crippen LogP contribution is -2.44. The van der Waals surface area contributed by atoms with Crippen molar-refractivity contribution < 1.29 is 19.1 Å². The minimum atomic E-state index is -0.522. The van der Waals surface area contributed by atoms with Gasteiger partial charge in [-0.3, -0.25) is 4.79 Å². The maximum atomic E-state index is 12.0. The van der Waals surface area contributed by atoms with E-state index in [1.54, 1.807) is 6.07 Å². The Bertz CT molecular complexity index is 834. The minimum absolute atomic E-state index is 0.351. The number of carbonyl (C=O) groups excluding carboxylic acids is 2. The molecule has 1 amide bonds. The molecule has 0 bridgehead atoms. The van der Waals surface area contributed by atoms with Gasteiger partial charge in [0, 0.05) is 5.56 Å². The van der Waals surface area contributed by atoms with Gasteiger partial charge in [-0.15, -0.1) is 0 Å². The summed E-state index contributed by atoms with van der Waals surface area (Å²) < 4.78 is 11.3. The molecule has 1 N–H and O–H groups in total. The Morgan fingerprint density at radius 2 is 1.78 bits per heavy atom. The van der Waals surface area contributed by atoms with Crippen LogP contribution in [0.15, 0.2) is 48.5 Å². The topological polar surface area (TPSA) is 64.6 Å². The average molecular weight is 367 g/mol. The lowest BCUT2D eigenvalue weighted by Gasteiger charge is -2.23. The van der Waals surface area contributed by atoms with Crippen molar-refractivity contribution in [1.82, 2.24) is 5.32 Å². The van der Waals surface area contributed by atoms with Crippen molar-refractivity contribution in [2.24, 2.45) is 0 Å². The predicted octanol–water partition coefficient (Wildman–Crippen LogP) is 4.60. The Kier molecular flexibility index (Phi) is 5.22.